The molecule has 2 aliphatic heterocycles. The van der Waals surface area contributed by atoms with Gasteiger partial charge in [-0.2, -0.15) is 0 Å². The minimum Gasteiger partial charge on any atom is -0.465 e. The van der Waals surface area contributed by atoms with E-state index in [1.54, 1.807) is 4.90 Å². The van der Waals surface area contributed by atoms with Crippen LogP contribution in [0.3, 0.4) is 0 Å². The number of H-pyrrole nitrogens is 2. The highest BCUT2D eigenvalue weighted by atomic mass is 16.5. The first-order valence-electron chi connectivity index (χ1n) is 22.9. The average Bonchev–Trinajstić information content (AvgIpc) is 3.81. The Bertz CT molecular complexity index is 2510. The highest BCUT2D eigenvalue weighted by Crippen LogP contribution is 2.55. The number of fused-ring (bicyclic) bond motifs is 2. The number of benzene rings is 3. The van der Waals surface area contributed by atoms with Crippen LogP contribution in [-0.2, 0) is 14.3 Å². The second kappa shape index (κ2) is 17.3. The van der Waals surface area contributed by atoms with E-state index in [1.807, 2.05) is 32.6 Å². The smallest absolute Gasteiger partial charge is 0.407 e. The van der Waals surface area contributed by atoms with Crippen molar-refractivity contribution >= 4 is 46.1 Å². The number of carbonyl (C=O) groups excluding carboxylic acids is 3. The normalized spacial score (nSPS) is 23.5. The minimum atomic E-state index is -1.20. The van der Waals surface area contributed by atoms with Gasteiger partial charge in [0.1, 0.15) is 23.7 Å². The number of likely N-dealkylation sites (tertiary alicyclic amines) is 2. The predicted octanol–water partition coefficient (Wildman–Crippen LogP) is 8.76. The maximum absolute atomic E-state index is 13.9. The third kappa shape index (κ3) is 8.36. The molecule has 4 aliphatic rings. The lowest BCUT2D eigenvalue weighted by atomic mass is 9.77. The summed E-state index contributed by atoms with van der Waals surface area (Å²) in [6.45, 7) is 8.70. The molecule has 2 aliphatic carbocycles. The Morgan fingerprint density at radius 2 is 1.11 bits per heavy atom. The third-order valence-electron chi connectivity index (χ3n) is 14.2. The van der Waals surface area contributed by atoms with Gasteiger partial charge in [0.25, 0.3) is 0 Å². The molecule has 14 nitrogen and oxygen atoms in total. The van der Waals surface area contributed by atoms with Crippen LogP contribution in [0.4, 0.5) is 9.59 Å². The first-order chi connectivity index (χ1) is 30.4. The van der Waals surface area contributed by atoms with Gasteiger partial charge in [0, 0.05) is 13.1 Å². The molecule has 2 aromatic heterocycles. The first kappa shape index (κ1) is 42.4. The first-order valence-corrected chi connectivity index (χ1v) is 22.9. The number of ether oxygens (including phenoxy) is 1. The zero-order chi connectivity index (χ0) is 44.1. The van der Waals surface area contributed by atoms with Gasteiger partial charge in [0.2, 0.25) is 11.8 Å². The molecule has 0 radical (unpaired) electrons. The summed E-state index contributed by atoms with van der Waals surface area (Å²) in [4.78, 5) is 72.2. The number of aromatic nitrogens is 4. The number of imidazole rings is 2. The van der Waals surface area contributed by atoms with E-state index in [-0.39, 0.29) is 53.5 Å². The van der Waals surface area contributed by atoms with Crippen molar-refractivity contribution in [2.75, 3.05) is 20.2 Å². The van der Waals surface area contributed by atoms with Gasteiger partial charge in [-0.05, 0) is 133 Å². The van der Waals surface area contributed by atoms with Crippen molar-refractivity contribution in [3.8, 4) is 0 Å². The fourth-order valence-electron chi connectivity index (χ4n) is 10.8. The highest BCUT2D eigenvalue weighted by molar-refractivity contribution is 5.87. The van der Waals surface area contributed by atoms with E-state index in [1.165, 1.54) is 42.2 Å². The topological polar surface area (TPSA) is 186 Å². The van der Waals surface area contributed by atoms with Crippen LogP contribution < -0.4 is 10.6 Å². The molecular weight excluding hydrogens is 797 g/mol. The van der Waals surface area contributed by atoms with Crippen molar-refractivity contribution in [3.05, 3.63) is 94.6 Å². The molecule has 4 heterocycles. The molecule has 7 atom stereocenters. The Morgan fingerprint density at radius 3 is 1.56 bits per heavy atom. The van der Waals surface area contributed by atoms with E-state index in [9.17, 15) is 24.3 Å². The van der Waals surface area contributed by atoms with Crippen molar-refractivity contribution in [1.29, 1.82) is 0 Å². The molecule has 14 heteroatoms. The van der Waals surface area contributed by atoms with Crippen LogP contribution in [0.25, 0.3) is 22.1 Å². The van der Waals surface area contributed by atoms with Crippen molar-refractivity contribution in [2.24, 2.45) is 11.8 Å². The molecule has 4 amide bonds. The minimum absolute atomic E-state index is 0.114. The molecule has 3 aromatic carbocycles. The Morgan fingerprint density at radius 1 is 0.651 bits per heavy atom. The number of carboxylic acid groups (broad SMARTS) is 1. The van der Waals surface area contributed by atoms with Gasteiger partial charge in [-0.3, -0.25) is 9.59 Å². The average molecular weight is 857 g/mol. The molecule has 5 N–H and O–H groups in total. The second-order valence-electron chi connectivity index (χ2n) is 19.0. The summed E-state index contributed by atoms with van der Waals surface area (Å²) >= 11 is 0. The summed E-state index contributed by atoms with van der Waals surface area (Å²) in [5, 5.41) is 14.6. The maximum atomic E-state index is 13.9. The predicted molar refractivity (Wildman–Crippen MR) is 239 cm³/mol. The van der Waals surface area contributed by atoms with Crippen LogP contribution >= 0.6 is 0 Å². The van der Waals surface area contributed by atoms with Gasteiger partial charge in [0.05, 0.1) is 41.3 Å². The lowest BCUT2D eigenvalue weighted by Crippen LogP contribution is -2.51. The van der Waals surface area contributed by atoms with Crippen LogP contribution in [0.2, 0.25) is 0 Å². The quantitative estimate of drug-likeness (QED) is 0.0824. The van der Waals surface area contributed by atoms with Gasteiger partial charge in [-0.1, -0.05) is 64.1 Å². The summed E-state index contributed by atoms with van der Waals surface area (Å²) in [5.74, 6) is 2.23. The molecule has 0 spiro atoms. The largest absolute Gasteiger partial charge is 0.465 e. The Kier molecular flexibility index (Phi) is 11.7. The fourth-order valence-corrected chi connectivity index (χ4v) is 10.8. The van der Waals surface area contributed by atoms with Crippen molar-refractivity contribution in [2.45, 2.75) is 127 Å². The Balaban J connectivity index is 0.998. The van der Waals surface area contributed by atoms with Crippen LogP contribution in [0.15, 0.2) is 60.7 Å². The van der Waals surface area contributed by atoms with Crippen LogP contribution in [0.1, 0.15) is 149 Å². The van der Waals surface area contributed by atoms with E-state index in [0.29, 0.717) is 19.0 Å². The number of amides is 4. The number of hydrogen-bond acceptors (Lipinski definition) is 7. The van der Waals surface area contributed by atoms with Crippen molar-refractivity contribution in [1.82, 2.24) is 40.4 Å². The number of methoxy groups -OCH3 is 1. The van der Waals surface area contributed by atoms with Crippen molar-refractivity contribution in [3.63, 3.8) is 0 Å². The molecule has 2 saturated heterocycles. The summed E-state index contributed by atoms with van der Waals surface area (Å²) < 4.78 is 4.83. The highest BCUT2D eigenvalue weighted by Gasteiger charge is 2.42. The molecule has 5 aromatic rings. The summed E-state index contributed by atoms with van der Waals surface area (Å²) in [5.41, 5.74) is 8.85. The van der Waals surface area contributed by atoms with Gasteiger partial charge in [-0.25, -0.2) is 19.6 Å². The molecule has 63 heavy (non-hydrogen) atoms. The zero-order valence-electron chi connectivity index (χ0n) is 36.9. The summed E-state index contributed by atoms with van der Waals surface area (Å²) in [6, 6.07) is 20.5. The van der Waals surface area contributed by atoms with Crippen LogP contribution in [-0.4, -0.2) is 91.1 Å². The molecule has 3 unspecified atom stereocenters. The van der Waals surface area contributed by atoms with Crippen LogP contribution in [0.5, 0.6) is 0 Å². The Hall–Kier alpha value is -5.92. The van der Waals surface area contributed by atoms with Gasteiger partial charge in [0.15, 0.2) is 0 Å². The van der Waals surface area contributed by atoms with E-state index in [2.05, 4.69) is 81.3 Å². The van der Waals surface area contributed by atoms with E-state index < -0.39 is 24.3 Å². The molecule has 9 rings (SSSR count). The zero-order valence-corrected chi connectivity index (χ0v) is 36.9. The molecule has 0 bridgehead atoms. The summed E-state index contributed by atoms with van der Waals surface area (Å²) in [6.07, 6.45) is 5.91. The van der Waals surface area contributed by atoms with E-state index >= 15 is 0 Å². The number of carbonyl (C=O) groups is 4. The van der Waals surface area contributed by atoms with E-state index in [4.69, 9.17) is 14.7 Å². The molecule has 332 valence electrons. The Labute approximate surface area is 367 Å². The van der Waals surface area contributed by atoms with Gasteiger partial charge in [-0.15, -0.1) is 0 Å². The number of nitrogens with one attached hydrogen (secondary N) is 4. The summed E-state index contributed by atoms with van der Waals surface area (Å²) in [7, 11) is 1.30. The number of nitrogens with zero attached hydrogens (tertiary/aromatic N) is 4. The molecular formula is C49H60N8O6. The third-order valence-corrected chi connectivity index (χ3v) is 14.2. The fraction of sp³-hybridized carbons (Fsp3) is 0.510. The monoisotopic (exact) mass is 856 g/mol. The number of rotatable bonds is 12. The standard InChI is InChI=1S/C49H60N8O6/c1-26(2)42(54-48(60)61)46(58)56-22-6-8-39(56)44-50-35-20-16-31(24-37(35)52-44)33-18-19-34(41(33)30-14-12-29(13-15-30)28-10-11-28)32-17-21-36-38(25-32)53-45(51-36)40-9-7-23-57(40)47(59)43(27(3)4)55-49(62)63-5/h12-17,20-21,24-28,33-34,39-43,54H,6-11,18-19,22-23H2,1-5H3,(H,50,52)(H,51,53)(H,55,62)(H,60,61)/t33?,34?,39-,40-,41?,42-,43-/m0/s1. The lowest BCUT2D eigenvalue weighted by Gasteiger charge is -2.29. The van der Waals surface area contributed by atoms with Crippen LogP contribution in [0, 0.1) is 11.8 Å². The molecule has 4 fully saturated rings. The van der Waals surface area contributed by atoms with Crippen molar-refractivity contribution < 1.29 is 29.0 Å². The van der Waals surface area contributed by atoms with Gasteiger partial charge < -0.3 is 40.2 Å². The molecule has 2 saturated carbocycles. The van der Waals surface area contributed by atoms with E-state index in [0.717, 1.165) is 72.2 Å². The SMILES string of the molecule is COC(=O)N[C@H](C(=O)N1CCC[C@H]1c1nc2ccc(C3CCC(c4ccc5nc([C@@H]6CCCN6C(=O)[C@@H](NC(=O)O)C(C)C)[nH]c5c4)C3c3ccc(C4CC4)cc3)cc2[nH]1)C(C)C. The number of aromatic amines is 2. The van der Waals surface area contributed by atoms with Gasteiger partial charge >= 0.3 is 12.2 Å². The maximum Gasteiger partial charge on any atom is 0.407 e. The second-order valence-corrected chi connectivity index (χ2v) is 19.0. The lowest BCUT2D eigenvalue weighted by molar-refractivity contribution is -0.136. The number of alkyl carbamates (subject to hydrolysis) is 1. The number of hydrogen-bond donors (Lipinski definition) is 5.